The number of piperidine rings is 1. The lowest BCUT2D eigenvalue weighted by molar-refractivity contribution is -0.125. The number of carbonyl (C=O) groups is 1. The molecule has 2 saturated heterocycles. The number of halogens is 1. The minimum atomic E-state index is -3.86. The second kappa shape index (κ2) is 9.40. The van der Waals surface area contributed by atoms with Gasteiger partial charge in [-0.3, -0.25) is 4.79 Å². The zero-order chi connectivity index (χ0) is 26.5. The fraction of sp³-hybridized carbons (Fsp3) is 0.370. The number of ether oxygens (including phenoxy) is 1. The fourth-order valence-corrected chi connectivity index (χ4v) is 7.07. The Labute approximate surface area is 220 Å². The van der Waals surface area contributed by atoms with E-state index in [0.717, 1.165) is 16.8 Å². The van der Waals surface area contributed by atoms with E-state index >= 15 is 0 Å². The molecule has 2 aliphatic heterocycles. The molecule has 3 aromatic rings. The molecule has 9 nitrogen and oxygen atoms in total. The standard InChI is InChI=1S/C27H28FN5O4S/c1-19(34)27-15-20-16-30-33(23-4-2-22(28)3-5-23)25(20)14-21(27)8-9-32(18-27)38(35,36)24-6-7-26(29-17-24)31-10-12-37-13-11-31/h2-7,14,16-17H,8-13,15,18H2,1H3/t27-/m1/s1. The van der Waals surface area contributed by atoms with E-state index in [-0.39, 0.29) is 29.6 Å². The van der Waals surface area contributed by atoms with Crippen molar-refractivity contribution in [2.75, 3.05) is 44.3 Å². The van der Waals surface area contributed by atoms with Gasteiger partial charge in [-0.05, 0) is 67.8 Å². The summed E-state index contributed by atoms with van der Waals surface area (Å²) in [4.78, 5) is 19.7. The van der Waals surface area contributed by atoms with Gasteiger partial charge in [-0.15, -0.1) is 0 Å². The van der Waals surface area contributed by atoms with E-state index in [1.165, 1.54) is 29.6 Å². The van der Waals surface area contributed by atoms with Crippen molar-refractivity contribution < 1.29 is 22.3 Å². The molecule has 0 spiro atoms. The first kappa shape index (κ1) is 24.9. The zero-order valence-electron chi connectivity index (χ0n) is 21.0. The zero-order valence-corrected chi connectivity index (χ0v) is 21.8. The van der Waals surface area contributed by atoms with Crippen LogP contribution in [0.3, 0.4) is 0 Å². The Morgan fingerprint density at radius 3 is 2.50 bits per heavy atom. The lowest BCUT2D eigenvalue weighted by Gasteiger charge is -2.44. The Kier molecular flexibility index (Phi) is 6.16. The summed E-state index contributed by atoms with van der Waals surface area (Å²) in [5.41, 5.74) is 2.34. The van der Waals surface area contributed by atoms with Crippen LogP contribution in [0, 0.1) is 11.2 Å². The molecular formula is C27H28FN5O4S. The maximum absolute atomic E-state index is 13.7. The highest BCUT2D eigenvalue weighted by Gasteiger charge is 2.49. The van der Waals surface area contributed by atoms with Crippen molar-refractivity contribution in [2.24, 2.45) is 5.41 Å². The number of aromatic nitrogens is 3. The largest absolute Gasteiger partial charge is 0.378 e. The Morgan fingerprint density at radius 2 is 1.82 bits per heavy atom. The third kappa shape index (κ3) is 4.14. The van der Waals surface area contributed by atoms with Gasteiger partial charge in [0.15, 0.2) is 0 Å². The summed E-state index contributed by atoms with van der Waals surface area (Å²) in [7, 11) is -3.86. The van der Waals surface area contributed by atoms with Gasteiger partial charge in [0, 0.05) is 32.4 Å². The minimum Gasteiger partial charge on any atom is -0.378 e. The van der Waals surface area contributed by atoms with Crippen LogP contribution < -0.4 is 4.90 Å². The van der Waals surface area contributed by atoms with Crippen LogP contribution in [0.2, 0.25) is 0 Å². The molecule has 2 fully saturated rings. The predicted molar refractivity (Wildman–Crippen MR) is 139 cm³/mol. The van der Waals surface area contributed by atoms with Gasteiger partial charge in [-0.25, -0.2) is 22.5 Å². The molecule has 198 valence electrons. The number of pyridine rings is 1. The minimum absolute atomic E-state index is 0.0584. The lowest BCUT2D eigenvalue weighted by Crippen LogP contribution is -2.52. The van der Waals surface area contributed by atoms with Gasteiger partial charge < -0.3 is 9.64 Å². The molecule has 0 unspecified atom stereocenters. The Bertz CT molecular complexity index is 1510. The number of anilines is 1. The molecule has 0 bridgehead atoms. The number of nitrogens with zero attached hydrogens (tertiary/aromatic N) is 5. The number of morpholine rings is 1. The van der Waals surface area contributed by atoms with E-state index < -0.39 is 15.4 Å². The Balaban J connectivity index is 1.29. The van der Waals surface area contributed by atoms with E-state index in [1.807, 2.05) is 6.08 Å². The smallest absolute Gasteiger partial charge is 0.244 e. The fourth-order valence-electron chi connectivity index (χ4n) is 5.63. The molecule has 11 heteroatoms. The molecule has 3 aliphatic rings. The van der Waals surface area contributed by atoms with Crippen LogP contribution in [-0.4, -0.2) is 72.7 Å². The predicted octanol–water partition coefficient (Wildman–Crippen LogP) is 2.85. The maximum Gasteiger partial charge on any atom is 0.244 e. The quantitative estimate of drug-likeness (QED) is 0.494. The highest BCUT2D eigenvalue weighted by molar-refractivity contribution is 7.89. The molecule has 1 aliphatic carbocycles. The Hall–Kier alpha value is -3.41. The van der Waals surface area contributed by atoms with E-state index in [4.69, 9.17) is 4.74 Å². The van der Waals surface area contributed by atoms with Crippen LogP contribution >= 0.6 is 0 Å². The summed E-state index contributed by atoms with van der Waals surface area (Å²) in [6.07, 6.45) is 5.84. The number of hydrogen-bond donors (Lipinski definition) is 0. The number of hydrogen-bond acceptors (Lipinski definition) is 7. The van der Waals surface area contributed by atoms with Gasteiger partial charge in [0.1, 0.15) is 22.3 Å². The topological polar surface area (TPSA) is 97.6 Å². The van der Waals surface area contributed by atoms with Crippen molar-refractivity contribution in [1.29, 1.82) is 0 Å². The van der Waals surface area contributed by atoms with Crippen molar-refractivity contribution in [2.45, 2.75) is 24.7 Å². The van der Waals surface area contributed by atoms with Gasteiger partial charge in [0.2, 0.25) is 10.0 Å². The SMILES string of the molecule is CC(=O)[C@]12Cc3cnn(-c4ccc(F)cc4)c3C=C1CCN(S(=O)(=O)c1ccc(N3CCOCC3)nc1)C2. The summed E-state index contributed by atoms with van der Waals surface area (Å²) in [5.74, 6) is 0.308. The maximum atomic E-state index is 13.7. The second-order valence-electron chi connectivity index (χ2n) is 9.97. The van der Waals surface area contributed by atoms with Gasteiger partial charge >= 0.3 is 0 Å². The van der Waals surface area contributed by atoms with Gasteiger partial charge in [0.25, 0.3) is 0 Å². The third-order valence-electron chi connectivity index (χ3n) is 7.82. The molecule has 38 heavy (non-hydrogen) atoms. The van der Waals surface area contributed by atoms with E-state index in [9.17, 15) is 17.6 Å². The number of sulfonamides is 1. The van der Waals surface area contributed by atoms with Crippen molar-refractivity contribution in [1.82, 2.24) is 19.1 Å². The number of Topliss-reactive ketones (excluding diaryl/α,β-unsaturated/α-hetero) is 1. The first-order valence-electron chi connectivity index (χ1n) is 12.6. The molecular weight excluding hydrogens is 509 g/mol. The lowest BCUT2D eigenvalue weighted by atomic mass is 9.66. The van der Waals surface area contributed by atoms with Crippen molar-refractivity contribution in [3.8, 4) is 5.69 Å². The van der Waals surface area contributed by atoms with Gasteiger partial charge in [0.05, 0.1) is 36.2 Å². The van der Waals surface area contributed by atoms with E-state index in [0.29, 0.717) is 50.7 Å². The van der Waals surface area contributed by atoms with E-state index in [2.05, 4.69) is 15.0 Å². The van der Waals surface area contributed by atoms with Crippen molar-refractivity contribution in [3.05, 3.63) is 71.4 Å². The second-order valence-corrected chi connectivity index (χ2v) is 11.9. The van der Waals surface area contributed by atoms with Crippen LogP contribution in [0.1, 0.15) is 24.6 Å². The number of carbonyl (C=O) groups excluding carboxylic acids is 1. The summed E-state index contributed by atoms with van der Waals surface area (Å²) >= 11 is 0. The van der Waals surface area contributed by atoms with Crippen LogP contribution in [0.25, 0.3) is 11.8 Å². The normalized spacial score (nSPS) is 21.9. The number of fused-ring (bicyclic) bond motifs is 2. The molecule has 2 aromatic heterocycles. The van der Waals surface area contributed by atoms with Crippen LogP contribution in [-0.2, 0) is 26.0 Å². The average molecular weight is 538 g/mol. The first-order valence-corrected chi connectivity index (χ1v) is 14.1. The highest BCUT2D eigenvalue weighted by Crippen LogP contribution is 2.46. The first-order chi connectivity index (χ1) is 18.3. The molecule has 0 radical (unpaired) electrons. The van der Waals surface area contributed by atoms with Crippen LogP contribution in [0.5, 0.6) is 0 Å². The van der Waals surface area contributed by atoms with Gasteiger partial charge in [-0.1, -0.05) is 5.57 Å². The van der Waals surface area contributed by atoms with Crippen molar-refractivity contribution in [3.63, 3.8) is 0 Å². The summed E-state index contributed by atoms with van der Waals surface area (Å²) in [6, 6.07) is 9.38. The van der Waals surface area contributed by atoms with Crippen LogP contribution in [0.15, 0.2) is 59.3 Å². The average Bonchev–Trinajstić information content (AvgIpc) is 3.34. The number of ketones is 1. The Morgan fingerprint density at radius 1 is 1.05 bits per heavy atom. The van der Waals surface area contributed by atoms with Crippen molar-refractivity contribution >= 4 is 27.7 Å². The molecule has 0 amide bonds. The van der Waals surface area contributed by atoms with Gasteiger partial charge in [-0.2, -0.15) is 9.40 Å². The van der Waals surface area contributed by atoms with Crippen LogP contribution in [0.4, 0.5) is 10.2 Å². The summed E-state index contributed by atoms with van der Waals surface area (Å²) in [6.45, 7) is 4.49. The highest BCUT2D eigenvalue weighted by atomic mass is 32.2. The number of benzene rings is 1. The molecule has 0 saturated carbocycles. The molecule has 1 aromatic carbocycles. The summed E-state index contributed by atoms with van der Waals surface area (Å²) in [5, 5.41) is 4.49. The van der Waals surface area contributed by atoms with E-state index in [1.54, 1.807) is 35.1 Å². The molecule has 4 heterocycles. The molecule has 0 N–H and O–H groups in total. The third-order valence-corrected chi connectivity index (χ3v) is 9.65. The molecule has 1 atom stereocenters. The number of rotatable bonds is 5. The molecule has 6 rings (SSSR count). The summed E-state index contributed by atoms with van der Waals surface area (Å²) < 4.78 is 49.3. The monoisotopic (exact) mass is 537 g/mol.